The van der Waals surface area contributed by atoms with E-state index < -0.39 is 0 Å². The number of para-hydroxylation sites is 1. The summed E-state index contributed by atoms with van der Waals surface area (Å²) in [6.45, 7) is 2.65. The highest BCUT2D eigenvalue weighted by atomic mass is 16.6. The van der Waals surface area contributed by atoms with Crippen LogP contribution in [-0.4, -0.2) is 25.0 Å². The van der Waals surface area contributed by atoms with Gasteiger partial charge in [0.1, 0.15) is 19.0 Å². The Morgan fingerprint density at radius 2 is 1.77 bits per heavy atom. The minimum absolute atomic E-state index is 0.242. The Morgan fingerprint density at radius 3 is 2.62 bits per heavy atom. The van der Waals surface area contributed by atoms with Gasteiger partial charge in [0.15, 0.2) is 11.5 Å². The molecule has 5 nitrogen and oxygen atoms in total. The molecule has 0 bridgehead atoms. The van der Waals surface area contributed by atoms with E-state index in [0.29, 0.717) is 18.8 Å². The van der Waals surface area contributed by atoms with Gasteiger partial charge in [-0.2, -0.15) is 4.99 Å². The van der Waals surface area contributed by atoms with Crippen molar-refractivity contribution in [3.8, 4) is 22.6 Å². The van der Waals surface area contributed by atoms with Gasteiger partial charge in [0.05, 0.1) is 0 Å². The maximum atomic E-state index is 12.3. The van der Waals surface area contributed by atoms with Crippen LogP contribution in [0.5, 0.6) is 11.5 Å². The molecule has 26 heavy (non-hydrogen) atoms. The van der Waals surface area contributed by atoms with Crippen molar-refractivity contribution in [2.45, 2.75) is 6.92 Å². The molecule has 1 heterocycles. The lowest BCUT2D eigenvalue weighted by Crippen LogP contribution is -2.15. The Kier molecular flexibility index (Phi) is 4.05. The van der Waals surface area contributed by atoms with E-state index in [2.05, 4.69) is 4.99 Å². The molecule has 0 fully saturated rings. The molecule has 0 radical (unpaired) electrons. The highest BCUT2D eigenvalue weighted by Gasteiger charge is 2.18. The lowest BCUT2D eigenvalue weighted by atomic mass is 9.95. The second-order valence-electron chi connectivity index (χ2n) is 6.13. The summed E-state index contributed by atoms with van der Waals surface area (Å²) in [5, 5.41) is 1.98. The second kappa shape index (κ2) is 6.52. The van der Waals surface area contributed by atoms with Crippen molar-refractivity contribution in [2.24, 2.45) is 10.7 Å². The number of aliphatic imine (C=N–C) groups is 1. The average Bonchev–Trinajstić information content (AvgIpc) is 2.66. The molecule has 0 unspecified atom stereocenters. The third-order valence-corrected chi connectivity index (χ3v) is 4.26. The van der Waals surface area contributed by atoms with Gasteiger partial charge in [-0.3, -0.25) is 4.79 Å². The molecule has 0 spiro atoms. The molecule has 3 aromatic rings. The van der Waals surface area contributed by atoms with Gasteiger partial charge in [0.25, 0.3) is 5.91 Å². The number of amides is 1. The van der Waals surface area contributed by atoms with Crippen LogP contribution in [-0.2, 0) is 0 Å². The number of nitrogens with two attached hydrogens (primary N) is 1. The topological polar surface area (TPSA) is 73.9 Å². The zero-order chi connectivity index (χ0) is 18.1. The predicted molar refractivity (Wildman–Crippen MR) is 102 cm³/mol. The number of hydrogen-bond donors (Lipinski definition) is 1. The molecule has 1 amide bonds. The Morgan fingerprint density at radius 1 is 1.00 bits per heavy atom. The summed E-state index contributed by atoms with van der Waals surface area (Å²) in [5.41, 5.74) is 7.96. The fraction of sp³-hybridized carbons (Fsp3) is 0.143. The molecule has 0 atom stereocenters. The molecule has 1 aliphatic heterocycles. The first kappa shape index (κ1) is 16.1. The van der Waals surface area contributed by atoms with Crippen LogP contribution in [0.15, 0.2) is 59.6 Å². The molecule has 1 aliphatic rings. The lowest BCUT2D eigenvalue weighted by Gasteiger charge is -2.21. The Labute approximate surface area is 151 Å². The van der Waals surface area contributed by atoms with Crippen LogP contribution >= 0.6 is 0 Å². The predicted octanol–water partition coefficient (Wildman–Crippen LogP) is 3.80. The Bertz CT molecular complexity index is 1040. The maximum absolute atomic E-state index is 12.3. The minimum Gasteiger partial charge on any atom is -0.486 e. The van der Waals surface area contributed by atoms with Crippen LogP contribution in [0.2, 0.25) is 0 Å². The Balaban J connectivity index is 1.91. The number of fused-ring (bicyclic) bond motifs is 2. The summed E-state index contributed by atoms with van der Waals surface area (Å²) in [6, 6.07) is 17.4. The van der Waals surface area contributed by atoms with Gasteiger partial charge >= 0.3 is 0 Å². The zero-order valence-electron chi connectivity index (χ0n) is 14.4. The van der Waals surface area contributed by atoms with E-state index in [-0.39, 0.29) is 11.7 Å². The van der Waals surface area contributed by atoms with Crippen LogP contribution in [0.4, 0.5) is 0 Å². The number of carbonyl (C=O) groups is 1. The van der Waals surface area contributed by atoms with Gasteiger partial charge in [-0.1, -0.05) is 36.4 Å². The number of nitrogens with zero attached hydrogens (tertiary/aromatic N) is 1. The van der Waals surface area contributed by atoms with Crippen molar-refractivity contribution in [3.63, 3.8) is 0 Å². The minimum atomic E-state index is -0.351. The van der Waals surface area contributed by atoms with Gasteiger partial charge < -0.3 is 15.2 Å². The maximum Gasteiger partial charge on any atom is 0.278 e. The van der Waals surface area contributed by atoms with Gasteiger partial charge in [-0.15, -0.1) is 0 Å². The first-order valence-electron chi connectivity index (χ1n) is 8.40. The molecule has 4 rings (SSSR count). The summed E-state index contributed by atoms with van der Waals surface area (Å²) in [6.07, 6.45) is 0. The number of amidine groups is 1. The van der Waals surface area contributed by atoms with E-state index in [0.717, 1.165) is 33.4 Å². The normalized spacial score (nSPS) is 13.7. The number of rotatable bonds is 2. The van der Waals surface area contributed by atoms with Crippen molar-refractivity contribution < 1.29 is 14.3 Å². The average molecular weight is 346 g/mol. The van der Waals surface area contributed by atoms with Crippen molar-refractivity contribution in [2.75, 3.05) is 13.2 Å². The molecule has 3 aromatic carbocycles. The standard InChI is InChI=1S/C21H18N2O3/c1-13(22)23-21(24)15-9-8-14-4-2-5-16(18(14)12-15)17-6-3-7-19-20(17)26-11-10-25-19/h2-9,12H,10-11H2,1H3,(H2,22,23,24). The van der Waals surface area contributed by atoms with Crippen molar-refractivity contribution in [3.05, 3.63) is 60.2 Å². The molecule has 0 aromatic heterocycles. The summed E-state index contributed by atoms with van der Waals surface area (Å²) < 4.78 is 11.6. The third kappa shape index (κ3) is 2.88. The smallest absolute Gasteiger partial charge is 0.278 e. The number of carbonyl (C=O) groups excluding carboxylic acids is 1. The molecule has 0 saturated heterocycles. The number of benzene rings is 3. The van der Waals surface area contributed by atoms with Crippen LogP contribution in [0.1, 0.15) is 17.3 Å². The lowest BCUT2D eigenvalue weighted by molar-refractivity contribution is 0.100. The fourth-order valence-electron chi connectivity index (χ4n) is 3.15. The first-order valence-corrected chi connectivity index (χ1v) is 8.40. The fourth-order valence-corrected chi connectivity index (χ4v) is 3.15. The van der Waals surface area contributed by atoms with Crippen molar-refractivity contribution in [1.82, 2.24) is 0 Å². The van der Waals surface area contributed by atoms with Crippen molar-refractivity contribution >= 4 is 22.5 Å². The number of ether oxygens (including phenoxy) is 2. The molecular formula is C21H18N2O3. The van der Waals surface area contributed by atoms with Gasteiger partial charge in [0, 0.05) is 11.1 Å². The van der Waals surface area contributed by atoms with Gasteiger partial charge in [-0.25, -0.2) is 0 Å². The molecule has 5 heteroatoms. The van der Waals surface area contributed by atoms with E-state index in [9.17, 15) is 4.79 Å². The summed E-state index contributed by atoms with van der Waals surface area (Å²) in [4.78, 5) is 16.1. The quantitative estimate of drug-likeness (QED) is 0.566. The molecule has 2 N–H and O–H groups in total. The number of hydrogen-bond acceptors (Lipinski definition) is 3. The molecule has 130 valence electrons. The van der Waals surface area contributed by atoms with Crippen LogP contribution < -0.4 is 15.2 Å². The third-order valence-electron chi connectivity index (χ3n) is 4.26. The van der Waals surface area contributed by atoms with Gasteiger partial charge in [-0.05, 0) is 41.5 Å². The largest absolute Gasteiger partial charge is 0.486 e. The SMILES string of the molecule is C/C(N)=N/C(=O)c1ccc2cccc(-c3cccc4c3OCCO4)c2c1. The second-order valence-corrected chi connectivity index (χ2v) is 6.13. The first-order chi connectivity index (χ1) is 12.6. The van der Waals surface area contributed by atoms with E-state index in [1.165, 1.54) is 0 Å². The van der Waals surface area contributed by atoms with E-state index in [1.807, 2.05) is 48.5 Å². The van der Waals surface area contributed by atoms with E-state index >= 15 is 0 Å². The molecular weight excluding hydrogens is 328 g/mol. The summed E-state index contributed by atoms with van der Waals surface area (Å²) in [5.74, 6) is 1.36. The highest BCUT2D eigenvalue weighted by molar-refractivity contribution is 6.07. The monoisotopic (exact) mass is 346 g/mol. The zero-order valence-corrected chi connectivity index (χ0v) is 14.4. The van der Waals surface area contributed by atoms with E-state index in [1.54, 1.807) is 13.0 Å². The highest BCUT2D eigenvalue weighted by Crippen LogP contribution is 2.42. The van der Waals surface area contributed by atoms with Gasteiger partial charge in [0.2, 0.25) is 0 Å². The molecule has 0 aliphatic carbocycles. The summed E-state index contributed by atoms with van der Waals surface area (Å²) >= 11 is 0. The summed E-state index contributed by atoms with van der Waals surface area (Å²) in [7, 11) is 0. The van der Waals surface area contributed by atoms with E-state index in [4.69, 9.17) is 15.2 Å². The van der Waals surface area contributed by atoms with Crippen molar-refractivity contribution in [1.29, 1.82) is 0 Å². The van der Waals surface area contributed by atoms with Crippen LogP contribution in [0, 0.1) is 0 Å². The van der Waals surface area contributed by atoms with Crippen LogP contribution in [0.25, 0.3) is 21.9 Å². The molecule has 0 saturated carbocycles. The van der Waals surface area contributed by atoms with Crippen LogP contribution in [0.3, 0.4) is 0 Å². The Hall–Kier alpha value is -3.34.